The number of nitrogens with zero attached hydrogens (tertiary/aromatic N) is 2. The molecule has 1 aliphatic carbocycles. The molecule has 2 fully saturated rings. The number of carboxylic acids is 1. The molecule has 3 heterocycles. The fourth-order valence-corrected chi connectivity index (χ4v) is 6.54. The Balaban J connectivity index is 1.36. The molecule has 5 rings (SSSR count). The van der Waals surface area contributed by atoms with Crippen LogP contribution in [-0.2, 0) is 36.8 Å². The molecule has 5 atom stereocenters. The number of benzene rings is 1. The maximum atomic E-state index is 14.1. The second-order valence-corrected chi connectivity index (χ2v) is 13.8. The van der Waals surface area contributed by atoms with E-state index in [2.05, 4.69) is 10.6 Å². The van der Waals surface area contributed by atoms with Crippen molar-refractivity contribution in [3.8, 4) is 0 Å². The van der Waals surface area contributed by atoms with E-state index in [1.54, 1.807) is 31.7 Å². The number of rotatable bonds is 3. The molecule has 1 aromatic rings. The lowest BCUT2D eigenvalue weighted by molar-refractivity contribution is -0.145. The van der Waals surface area contributed by atoms with E-state index in [4.69, 9.17) is 15.2 Å². The third-order valence-corrected chi connectivity index (χ3v) is 9.08. The van der Waals surface area contributed by atoms with Crippen LogP contribution in [-0.4, -0.2) is 87.3 Å². The number of ether oxygens (including phenoxy) is 2. The molecule has 0 radical (unpaired) electrons. The van der Waals surface area contributed by atoms with Crippen molar-refractivity contribution in [1.82, 2.24) is 20.4 Å². The molecule has 0 spiro atoms. The molecule has 1 aromatic carbocycles. The molecule has 0 aromatic heterocycles. The molecule has 5 N–H and O–H groups in total. The Morgan fingerprint density at radius 1 is 1.13 bits per heavy atom. The van der Waals surface area contributed by atoms with Crippen LogP contribution in [0.25, 0.3) is 0 Å². The van der Waals surface area contributed by atoms with Gasteiger partial charge in [-0.25, -0.2) is 14.4 Å². The predicted octanol–water partition coefficient (Wildman–Crippen LogP) is 3.11. The summed E-state index contributed by atoms with van der Waals surface area (Å²) in [7, 11) is 0. The number of fused-ring (bicyclic) bond motifs is 3. The highest BCUT2D eigenvalue weighted by Crippen LogP contribution is 2.45. The topological polar surface area (TPSA) is 181 Å². The molecule has 1 saturated carbocycles. The Labute approximate surface area is 268 Å². The van der Waals surface area contributed by atoms with Crippen LogP contribution in [0.1, 0.15) is 76.8 Å². The summed E-state index contributed by atoms with van der Waals surface area (Å²) >= 11 is 0. The average Bonchev–Trinajstić information content (AvgIpc) is 3.51. The van der Waals surface area contributed by atoms with Gasteiger partial charge < -0.3 is 40.7 Å². The van der Waals surface area contributed by atoms with Crippen LogP contribution in [0, 0.1) is 5.92 Å². The van der Waals surface area contributed by atoms with E-state index in [0.29, 0.717) is 38.0 Å². The summed E-state index contributed by atoms with van der Waals surface area (Å²) in [6.45, 7) is 5.84. The van der Waals surface area contributed by atoms with Crippen molar-refractivity contribution < 1.29 is 38.6 Å². The van der Waals surface area contributed by atoms with Gasteiger partial charge in [-0.2, -0.15) is 0 Å². The molecule has 4 aliphatic rings. The van der Waals surface area contributed by atoms with E-state index in [1.165, 1.54) is 4.90 Å². The minimum Gasteiger partial charge on any atom is -0.479 e. The normalized spacial score (nSPS) is 29.1. The van der Waals surface area contributed by atoms with Crippen molar-refractivity contribution in [2.45, 2.75) is 108 Å². The van der Waals surface area contributed by atoms with E-state index in [1.807, 2.05) is 24.3 Å². The summed E-state index contributed by atoms with van der Waals surface area (Å²) in [4.78, 5) is 69.2. The number of carbonyl (C=O) groups is 5. The van der Waals surface area contributed by atoms with Gasteiger partial charge in [0.15, 0.2) is 0 Å². The van der Waals surface area contributed by atoms with Crippen LogP contribution in [0.5, 0.6) is 0 Å². The Hall–Kier alpha value is -4.29. The fraction of sp³-hybridized carbons (Fsp3) is 0.606. The van der Waals surface area contributed by atoms with Gasteiger partial charge in [-0.1, -0.05) is 31.1 Å². The number of carbonyl (C=O) groups excluding carboxylic acids is 4. The van der Waals surface area contributed by atoms with Crippen molar-refractivity contribution in [3.05, 3.63) is 41.5 Å². The largest absolute Gasteiger partial charge is 0.479 e. The monoisotopic (exact) mass is 639 g/mol. The lowest BCUT2D eigenvalue weighted by Gasteiger charge is -2.30. The van der Waals surface area contributed by atoms with Crippen LogP contribution < -0.4 is 16.4 Å². The standard InChI is InChI=1S/C33H45N5O8/c1-32(2,3)46-30(43)35-25-10-8-6-4-5-7-9-22-17-33(22,29(41)42)36-27(39)26-16-24(19-38(26)28(25)40)45-31(44)37-14-13-20-15-23(34)12-11-21(20)18-37/h7,9,11-12,15,22,24-26H,4-6,8,10,13-14,16-19,34H2,1-3H3,(H,35,43)(H,36,39)(H,41,42)/b9-7-/t22-,24+,25-,26-,33+/m0/s1. The first-order chi connectivity index (χ1) is 21.8. The van der Waals surface area contributed by atoms with Gasteiger partial charge in [0.05, 0.1) is 6.54 Å². The van der Waals surface area contributed by atoms with Crippen molar-refractivity contribution in [1.29, 1.82) is 0 Å². The molecule has 13 nitrogen and oxygen atoms in total. The number of nitrogens with one attached hydrogen (secondary N) is 2. The van der Waals surface area contributed by atoms with Gasteiger partial charge in [0.2, 0.25) is 11.8 Å². The van der Waals surface area contributed by atoms with E-state index in [-0.39, 0.29) is 25.3 Å². The van der Waals surface area contributed by atoms with Gasteiger partial charge in [0.25, 0.3) is 0 Å². The summed E-state index contributed by atoms with van der Waals surface area (Å²) < 4.78 is 11.3. The zero-order chi connectivity index (χ0) is 33.2. The predicted molar refractivity (Wildman–Crippen MR) is 167 cm³/mol. The first-order valence-electron chi connectivity index (χ1n) is 16.1. The molecule has 13 heteroatoms. The smallest absolute Gasteiger partial charge is 0.410 e. The third kappa shape index (κ3) is 7.56. The Morgan fingerprint density at radius 2 is 1.91 bits per heavy atom. The number of anilines is 1. The highest BCUT2D eigenvalue weighted by atomic mass is 16.6. The molecular formula is C33H45N5O8. The quantitative estimate of drug-likeness (QED) is 0.285. The molecule has 0 unspecified atom stereocenters. The second kappa shape index (κ2) is 13.2. The minimum absolute atomic E-state index is 0.0142. The third-order valence-electron chi connectivity index (χ3n) is 9.08. The molecule has 0 bridgehead atoms. The van der Waals surface area contributed by atoms with Crippen LogP contribution in [0.3, 0.4) is 0 Å². The number of aliphatic carboxylic acids is 1. The Bertz CT molecular complexity index is 1410. The Kier molecular flexibility index (Phi) is 9.50. The average molecular weight is 640 g/mol. The van der Waals surface area contributed by atoms with Gasteiger partial charge in [0.1, 0.15) is 29.3 Å². The van der Waals surface area contributed by atoms with E-state index in [0.717, 1.165) is 30.4 Å². The summed E-state index contributed by atoms with van der Waals surface area (Å²) in [5, 5.41) is 15.5. The van der Waals surface area contributed by atoms with Crippen LogP contribution in [0.2, 0.25) is 0 Å². The first kappa shape index (κ1) is 33.1. The van der Waals surface area contributed by atoms with Crippen LogP contribution in [0.4, 0.5) is 15.3 Å². The maximum absolute atomic E-state index is 14.1. The van der Waals surface area contributed by atoms with E-state index >= 15 is 0 Å². The molecule has 4 amide bonds. The fourth-order valence-electron chi connectivity index (χ4n) is 6.54. The van der Waals surface area contributed by atoms with Gasteiger partial charge in [-0.15, -0.1) is 0 Å². The number of amides is 4. The summed E-state index contributed by atoms with van der Waals surface area (Å²) in [6.07, 6.45) is 5.76. The number of carboxylic acid groups (broad SMARTS) is 1. The molecule has 250 valence electrons. The molecule has 1 saturated heterocycles. The first-order valence-corrected chi connectivity index (χ1v) is 16.1. The van der Waals surface area contributed by atoms with Crippen molar-refractivity contribution in [3.63, 3.8) is 0 Å². The van der Waals surface area contributed by atoms with Crippen LogP contribution >= 0.6 is 0 Å². The van der Waals surface area contributed by atoms with Gasteiger partial charge in [-0.05, 0) is 76.1 Å². The molecule has 3 aliphatic heterocycles. The number of hydrogen-bond acceptors (Lipinski definition) is 8. The number of nitrogens with two attached hydrogens (primary N) is 1. The number of hydrogen-bond donors (Lipinski definition) is 4. The lowest BCUT2D eigenvalue weighted by Crippen LogP contribution is -2.56. The summed E-state index contributed by atoms with van der Waals surface area (Å²) in [5.41, 5.74) is 6.35. The Morgan fingerprint density at radius 3 is 2.65 bits per heavy atom. The number of alkyl carbamates (subject to hydrolysis) is 1. The van der Waals surface area contributed by atoms with Crippen LogP contribution in [0.15, 0.2) is 30.4 Å². The highest BCUT2D eigenvalue weighted by Gasteiger charge is 2.61. The lowest BCUT2D eigenvalue weighted by atomic mass is 9.99. The zero-order valence-corrected chi connectivity index (χ0v) is 26.8. The van der Waals surface area contributed by atoms with Gasteiger partial charge in [-0.3, -0.25) is 9.59 Å². The van der Waals surface area contributed by atoms with Gasteiger partial charge in [0, 0.05) is 31.1 Å². The molecule has 46 heavy (non-hydrogen) atoms. The minimum atomic E-state index is -1.46. The van der Waals surface area contributed by atoms with Gasteiger partial charge >= 0.3 is 18.2 Å². The van der Waals surface area contributed by atoms with Crippen molar-refractivity contribution in [2.24, 2.45) is 5.92 Å². The summed E-state index contributed by atoms with van der Waals surface area (Å²) in [5.74, 6) is -2.66. The molecular weight excluding hydrogens is 594 g/mol. The van der Waals surface area contributed by atoms with E-state index < -0.39 is 59.3 Å². The van der Waals surface area contributed by atoms with E-state index in [9.17, 15) is 29.1 Å². The highest BCUT2D eigenvalue weighted by molar-refractivity contribution is 5.96. The van der Waals surface area contributed by atoms with Crippen molar-refractivity contribution in [2.75, 3.05) is 18.8 Å². The maximum Gasteiger partial charge on any atom is 0.410 e. The summed E-state index contributed by atoms with van der Waals surface area (Å²) in [6, 6.07) is 3.47. The number of allylic oxidation sites excluding steroid dienone is 1. The van der Waals surface area contributed by atoms with Crippen molar-refractivity contribution >= 4 is 35.7 Å². The SMILES string of the molecule is CC(C)(C)OC(=O)N[C@H]1CCCCC/C=C\[C@H]2C[C@@]2(C(=O)O)NC(=O)[C@@H]2C[C@@H](OC(=O)N3CCc4cc(N)ccc4C3)CN2C1=O. The number of nitrogen functional groups attached to an aromatic ring is 1. The second-order valence-electron chi connectivity index (χ2n) is 13.8. The zero-order valence-electron chi connectivity index (χ0n) is 26.8.